The molecule has 0 saturated carbocycles. The van der Waals surface area contributed by atoms with E-state index in [1.54, 1.807) is 18.3 Å². The number of hydrogen-bond donors (Lipinski definition) is 2. The maximum Gasteiger partial charge on any atom is 0.234 e. The first-order valence-corrected chi connectivity index (χ1v) is 7.38. The molecule has 106 valence electrons. The molecule has 2 rings (SSSR count). The van der Waals surface area contributed by atoms with Gasteiger partial charge in [-0.15, -0.1) is 5.10 Å². The maximum atomic E-state index is 11.8. The molecule has 1 amide bonds. The van der Waals surface area contributed by atoms with Crippen molar-refractivity contribution >= 4 is 35.0 Å². The molecule has 2 N–H and O–H groups in total. The number of thioether (sulfide) groups is 1. The number of aromatic nitrogens is 4. The number of nitrogens with one attached hydrogen (secondary N) is 2. The van der Waals surface area contributed by atoms with Crippen molar-refractivity contribution in [2.24, 2.45) is 0 Å². The van der Waals surface area contributed by atoms with Gasteiger partial charge in [0.2, 0.25) is 11.1 Å². The van der Waals surface area contributed by atoms with Gasteiger partial charge in [0.1, 0.15) is 5.82 Å². The number of hydrogen-bond acceptors (Lipinski definition) is 5. The van der Waals surface area contributed by atoms with Crippen LogP contribution in [-0.2, 0) is 4.79 Å². The minimum atomic E-state index is -0.180. The van der Waals surface area contributed by atoms with Gasteiger partial charge in [0.25, 0.3) is 0 Å². The molecule has 0 aliphatic rings. The first-order chi connectivity index (χ1) is 9.56. The molecule has 2 aromatic heterocycles. The predicted molar refractivity (Wildman–Crippen MR) is 79.1 cm³/mol. The van der Waals surface area contributed by atoms with Crippen LogP contribution < -0.4 is 5.32 Å². The van der Waals surface area contributed by atoms with E-state index in [1.165, 1.54) is 11.8 Å². The smallest absolute Gasteiger partial charge is 0.234 e. The molecule has 0 saturated heterocycles. The van der Waals surface area contributed by atoms with Crippen LogP contribution in [0.5, 0.6) is 0 Å². The van der Waals surface area contributed by atoms with Gasteiger partial charge in [0.05, 0.1) is 11.4 Å². The minimum Gasteiger partial charge on any atom is -0.323 e. The van der Waals surface area contributed by atoms with Crippen molar-refractivity contribution in [3.63, 3.8) is 0 Å². The third kappa shape index (κ3) is 3.94. The van der Waals surface area contributed by atoms with Gasteiger partial charge in [0.15, 0.2) is 5.15 Å². The highest BCUT2D eigenvalue weighted by atomic mass is 35.5. The Bertz CT molecular complexity index is 601. The summed E-state index contributed by atoms with van der Waals surface area (Å²) in [6, 6.07) is 3.40. The zero-order chi connectivity index (χ0) is 14.5. The second kappa shape index (κ2) is 6.71. The Kier molecular flexibility index (Phi) is 4.97. The summed E-state index contributed by atoms with van der Waals surface area (Å²) in [5.74, 6) is 1.12. The van der Waals surface area contributed by atoms with E-state index in [4.69, 9.17) is 11.6 Å². The highest BCUT2D eigenvalue weighted by molar-refractivity contribution is 7.99. The first-order valence-electron chi connectivity index (χ1n) is 6.01. The number of aromatic amines is 1. The van der Waals surface area contributed by atoms with Crippen LogP contribution in [0.2, 0.25) is 5.15 Å². The Morgan fingerprint density at radius 2 is 2.35 bits per heavy atom. The predicted octanol–water partition coefficient (Wildman–Crippen LogP) is 2.71. The lowest BCUT2D eigenvalue weighted by Crippen LogP contribution is -2.14. The molecule has 0 unspecified atom stereocenters. The second-order valence-electron chi connectivity index (χ2n) is 4.34. The number of pyridine rings is 1. The zero-order valence-electron chi connectivity index (χ0n) is 11.1. The average Bonchev–Trinajstić information content (AvgIpc) is 2.88. The van der Waals surface area contributed by atoms with E-state index in [0.29, 0.717) is 10.8 Å². The number of carbonyl (C=O) groups excluding carboxylic acids is 1. The van der Waals surface area contributed by atoms with Crippen molar-refractivity contribution in [2.45, 2.75) is 24.9 Å². The molecule has 8 heteroatoms. The third-order valence-corrected chi connectivity index (χ3v) is 3.54. The molecule has 0 fully saturated rings. The van der Waals surface area contributed by atoms with Crippen LogP contribution in [0.25, 0.3) is 0 Å². The molecular formula is C12H14ClN5OS. The van der Waals surface area contributed by atoms with Crippen molar-refractivity contribution < 1.29 is 4.79 Å². The van der Waals surface area contributed by atoms with Gasteiger partial charge in [-0.05, 0) is 12.1 Å². The van der Waals surface area contributed by atoms with E-state index in [2.05, 4.69) is 25.5 Å². The monoisotopic (exact) mass is 311 g/mol. The van der Waals surface area contributed by atoms with E-state index >= 15 is 0 Å². The van der Waals surface area contributed by atoms with E-state index in [1.807, 2.05) is 13.8 Å². The molecule has 0 radical (unpaired) electrons. The Balaban J connectivity index is 1.87. The Labute approximate surface area is 125 Å². The van der Waals surface area contributed by atoms with Crippen molar-refractivity contribution in [1.29, 1.82) is 0 Å². The first kappa shape index (κ1) is 14.8. The summed E-state index contributed by atoms with van der Waals surface area (Å²) in [4.78, 5) is 20.0. The summed E-state index contributed by atoms with van der Waals surface area (Å²) in [6.07, 6.45) is 1.56. The summed E-state index contributed by atoms with van der Waals surface area (Å²) >= 11 is 7.12. The van der Waals surface area contributed by atoms with Crippen LogP contribution in [-0.4, -0.2) is 31.8 Å². The van der Waals surface area contributed by atoms with E-state index < -0.39 is 0 Å². The molecule has 2 heterocycles. The van der Waals surface area contributed by atoms with Gasteiger partial charge in [-0.25, -0.2) is 9.97 Å². The third-order valence-electron chi connectivity index (χ3n) is 2.39. The number of rotatable bonds is 5. The highest BCUT2D eigenvalue weighted by Gasteiger charge is 2.10. The van der Waals surface area contributed by atoms with Gasteiger partial charge in [-0.2, -0.15) is 0 Å². The van der Waals surface area contributed by atoms with Gasteiger partial charge in [0, 0.05) is 12.1 Å². The number of amides is 1. The lowest BCUT2D eigenvalue weighted by Gasteiger charge is -2.04. The normalized spacial score (nSPS) is 10.8. The quantitative estimate of drug-likeness (QED) is 0.655. The summed E-state index contributed by atoms with van der Waals surface area (Å²) < 4.78 is 0. The van der Waals surface area contributed by atoms with Crippen LogP contribution >= 0.6 is 23.4 Å². The molecule has 0 aromatic carbocycles. The lowest BCUT2D eigenvalue weighted by molar-refractivity contribution is -0.113. The van der Waals surface area contributed by atoms with Crippen molar-refractivity contribution in [3.8, 4) is 0 Å². The van der Waals surface area contributed by atoms with Crippen LogP contribution in [0.4, 0.5) is 5.69 Å². The molecule has 6 nitrogen and oxygen atoms in total. The summed E-state index contributed by atoms with van der Waals surface area (Å²) in [7, 11) is 0. The minimum absolute atomic E-state index is 0.180. The standard InChI is InChI=1S/C12H14ClN5OS/c1-7(2)11-16-12(18-17-11)20-6-9(19)15-8-4-3-5-14-10(8)13/h3-5,7H,6H2,1-2H3,(H,15,19)(H,16,17,18). The van der Waals surface area contributed by atoms with Gasteiger partial charge in [-0.1, -0.05) is 37.2 Å². The van der Waals surface area contributed by atoms with Gasteiger partial charge < -0.3 is 5.32 Å². The molecule has 0 bridgehead atoms. The van der Waals surface area contributed by atoms with E-state index in [-0.39, 0.29) is 22.7 Å². The maximum absolute atomic E-state index is 11.8. The average molecular weight is 312 g/mol. The number of nitrogens with zero attached hydrogens (tertiary/aromatic N) is 3. The fourth-order valence-corrected chi connectivity index (χ4v) is 2.15. The van der Waals surface area contributed by atoms with E-state index in [0.717, 1.165) is 5.82 Å². The Hall–Kier alpha value is -1.60. The van der Waals surface area contributed by atoms with Gasteiger partial charge >= 0.3 is 0 Å². The molecular weight excluding hydrogens is 298 g/mol. The number of anilines is 1. The lowest BCUT2D eigenvalue weighted by atomic mass is 10.2. The largest absolute Gasteiger partial charge is 0.323 e. The van der Waals surface area contributed by atoms with Crippen LogP contribution in [0.15, 0.2) is 23.5 Å². The van der Waals surface area contributed by atoms with Crippen molar-refractivity contribution in [2.75, 3.05) is 11.1 Å². The molecule has 0 spiro atoms. The van der Waals surface area contributed by atoms with Crippen molar-refractivity contribution in [1.82, 2.24) is 20.2 Å². The second-order valence-corrected chi connectivity index (χ2v) is 5.64. The molecule has 2 aromatic rings. The Morgan fingerprint density at radius 1 is 1.55 bits per heavy atom. The van der Waals surface area contributed by atoms with Gasteiger partial charge in [-0.3, -0.25) is 9.89 Å². The summed E-state index contributed by atoms with van der Waals surface area (Å²) in [5.41, 5.74) is 0.498. The molecule has 20 heavy (non-hydrogen) atoms. The van der Waals surface area contributed by atoms with Crippen molar-refractivity contribution in [3.05, 3.63) is 29.3 Å². The summed E-state index contributed by atoms with van der Waals surface area (Å²) in [5, 5.41) is 10.4. The topological polar surface area (TPSA) is 83.6 Å². The van der Waals surface area contributed by atoms with Crippen LogP contribution in [0.3, 0.4) is 0 Å². The SMILES string of the molecule is CC(C)c1nc(SCC(=O)Nc2cccnc2Cl)n[nH]1. The van der Waals surface area contributed by atoms with Crippen LogP contribution in [0, 0.1) is 0 Å². The molecule has 0 aliphatic carbocycles. The fraction of sp³-hybridized carbons (Fsp3) is 0.333. The molecule has 0 atom stereocenters. The zero-order valence-corrected chi connectivity index (χ0v) is 12.6. The highest BCUT2D eigenvalue weighted by Crippen LogP contribution is 2.19. The summed E-state index contributed by atoms with van der Waals surface area (Å²) in [6.45, 7) is 4.04. The number of halogens is 1. The molecule has 0 aliphatic heterocycles. The van der Waals surface area contributed by atoms with Crippen LogP contribution in [0.1, 0.15) is 25.6 Å². The number of carbonyl (C=O) groups is 1. The Morgan fingerprint density at radius 3 is 3.00 bits per heavy atom. The fourth-order valence-electron chi connectivity index (χ4n) is 1.38. The number of H-pyrrole nitrogens is 1. The van der Waals surface area contributed by atoms with E-state index in [9.17, 15) is 4.79 Å².